The van der Waals surface area contributed by atoms with E-state index in [2.05, 4.69) is 51.4 Å². The second-order valence-corrected chi connectivity index (χ2v) is 8.23. The fraction of sp³-hybridized carbons (Fsp3) is 0.444. The molecule has 0 bridgehead atoms. The zero-order valence-corrected chi connectivity index (χ0v) is 20.3. The zero-order valence-electron chi connectivity index (χ0n) is 20.3. The van der Waals surface area contributed by atoms with E-state index in [0.717, 1.165) is 74.3 Å². The van der Waals surface area contributed by atoms with Gasteiger partial charge in [-0.2, -0.15) is 0 Å². The molecule has 7 nitrogen and oxygen atoms in total. The summed E-state index contributed by atoms with van der Waals surface area (Å²) < 4.78 is 10.7. The van der Waals surface area contributed by atoms with Gasteiger partial charge in [0, 0.05) is 31.0 Å². The van der Waals surface area contributed by atoms with E-state index in [0.29, 0.717) is 13.0 Å². The highest BCUT2D eigenvalue weighted by Gasteiger charge is 2.07. The highest BCUT2D eigenvalue weighted by Crippen LogP contribution is 2.24. The minimum Gasteiger partial charge on any atom is -0.493 e. The molecule has 1 heterocycles. The summed E-state index contributed by atoms with van der Waals surface area (Å²) in [5, 5.41) is 4.45. The number of carbonyl (C=O) groups is 1. The number of aromatic nitrogens is 2. The summed E-state index contributed by atoms with van der Waals surface area (Å²) in [6.45, 7) is 6.40. The molecule has 3 aromatic rings. The van der Waals surface area contributed by atoms with Crippen LogP contribution in [0, 0.1) is 0 Å². The van der Waals surface area contributed by atoms with E-state index in [9.17, 15) is 4.79 Å². The molecule has 0 fully saturated rings. The molecule has 1 N–H and O–H groups in total. The molecule has 0 amide bonds. The van der Waals surface area contributed by atoms with Gasteiger partial charge >= 0.3 is 5.97 Å². The summed E-state index contributed by atoms with van der Waals surface area (Å²) in [4.78, 5) is 22.4. The Balaban J connectivity index is 1.42. The SMILES string of the molecule is CCN(CCCOc1ccc2c(NCCCc3ccccc3)ncnc2c1)CCCC(=O)OC. The van der Waals surface area contributed by atoms with E-state index >= 15 is 0 Å². The van der Waals surface area contributed by atoms with Crippen molar-refractivity contribution in [1.29, 1.82) is 0 Å². The number of esters is 1. The number of aryl methyl sites for hydroxylation is 1. The average Bonchev–Trinajstić information content (AvgIpc) is 2.88. The van der Waals surface area contributed by atoms with Crippen LogP contribution in [0.4, 0.5) is 5.82 Å². The number of carbonyl (C=O) groups excluding carboxylic acids is 1. The van der Waals surface area contributed by atoms with Gasteiger partial charge in [-0.15, -0.1) is 0 Å². The predicted molar refractivity (Wildman–Crippen MR) is 136 cm³/mol. The largest absolute Gasteiger partial charge is 0.493 e. The highest BCUT2D eigenvalue weighted by molar-refractivity contribution is 5.89. The van der Waals surface area contributed by atoms with Crippen molar-refractivity contribution in [2.75, 3.05) is 45.2 Å². The molecular weight excluding hydrogens is 428 g/mol. The summed E-state index contributed by atoms with van der Waals surface area (Å²) in [5.41, 5.74) is 2.22. The van der Waals surface area contributed by atoms with Crippen LogP contribution >= 0.6 is 0 Å². The molecule has 7 heteroatoms. The summed E-state index contributed by atoms with van der Waals surface area (Å²) >= 11 is 0. The van der Waals surface area contributed by atoms with E-state index < -0.39 is 0 Å². The molecule has 0 unspecified atom stereocenters. The highest BCUT2D eigenvalue weighted by atomic mass is 16.5. The number of anilines is 1. The summed E-state index contributed by atoms with van der Waals surface area (Å²) in [6.07, 6.45) is 5.87. The van der Waals surface area contributed by atoms with Crippen molar-refractivity contribution in [3.05, 3.63) is 60.4 Å². The lowest BCUT2D eigenvalue weighted by Crippen LogP contribution is -2.27. The predicted octanol–water partition coefficient (Wildman–Crippen LogP) is 4.72. The first-order chi connectivity index (χ1) is 16.7. The third-order valence-electron chi connectivity index (χ3n) is 5.80. The monoisotopic (exact) mass is 464 g/mol. The van der Waals surface area contributed by atoms with Crippen LogP contribution in [0.25, 0.3) is 10.9 Å². The number of hydrogen-bond donors (Lipinski definition) is 1. The van der Waals surface area contributed by atoms with Gasteiger partial charge in [0.05, 0.1) is 19.2 Å². The molecule has 1 aromatic heterocycles. The van der Waals surface area contributed by atoms with Crippen molar-refractivity contribution >= 4 is 22.7 Å². The minimum atomic E-state index is -0.148. The van der Waals surface area contributed by atoms with Crippen LogP contribution in [0.5, 0.6) is 5.75 Å². The fourth-order valence-electron chi connectivity index (χ4n) is 3.87. The van der Waals surface area contributed by atoms with Crippen LogP contribution in [0.3, 0.4) is 0 Å². The maximum atomic E-state index is 11.3. The van der Waals surface area contributed by atoms with E-state index in [1.165, 1.54) is 12.7 Å². The Kier molecular flexibility index (Phi) is 10.6. The lowest BCUT2D eigenvalue weighted by molar-refractivity contribution is -0.140. The summed E-state index contributed by atoms with van der Waals surface area (Å²) in [6, 6.07) is 16.5. The van der Waals surface area contributed by atoms with Crippen LogP contribution in [0.15, 0.2) is 54.9 Å². The Bertz CT molecular complexity index is 1010. The maximum Gasteiger partial charge on any atom is 0.305 e. The average molecular weight is 465 g/mol. The molecule has 0 aliphatic rings. The van der Waals surface area contributed by atoms with E-state index in [4.69, 9.17) is 9.47 Å². The summed E-state index contributed by atoms with van der Waals surface area (Å²) in [5.74, 6) is 1.52. The topological polar surface area (TPSA) is 76.6 Å². The quantitative estimate of drug-likeness (QED) is 0.258. The maximum absolute atomic E-state index is 11.3. The standard InChI is InChI=1S/C27H36N4O3/c1-3-31(17-8-13-26(32)33-2)18-9-19-34-23-14-15-24-25(20-23)29-21-30-27(24)28-16-7-12-22-10-5-4-6-11-22/h4-6,10-11,14-15,20-21H,3,7-9,12-13,16-19H2,1-2H3,(H,28,29,30). The number of nitrogens with one attached hydrogen (secondary N) is 1. The Labute approximate surface area is 202 Å². The number of methoxy groups -OCH3 is 1. The number of ether oxygens (including phenoxy) is 2. The molecular formula is C27H36N4O3. The van der Waals surface area contributed by atoms with Crippen LogP contribution in [-0.2, 0) is 16.0 Å². The van der Waals surface area contributed by atoms with Crippen LogP contribution < -0.4 is 10.1 Å². The number of rotatable bonds is 15. The second kappa shape index (κ2) is 14.2. The normalized spacial score (nSPS) is 11.0. The van der Waals surface area contributed by atoms with Crippen molar-refractivity contribution in [1.82, 2.24) is 14.9 Å². The third kappa shape index (κ3) is 8.30. The van der Waals surface area contributed by atoms with Gasteiger partial charge in [0.1, 0.15) is 17.9 Å². The lowest BCUT2D eigenvalue weighted by Gasteiger charge is -2.20. The molecule has 0 saturated carbocycles. The van der Waals surface area contributed by atoms with Crippen molar-refractivity contribution in [2.45, 2.75) is 39.0 Å². The van der Waals surface area contributed by atoms with Crippen molar-refractivity contribution in [3.8, 4) is 5.75 Å². The van der Waals surface area contributed by atoms with Gasteiger partial charge in [-0.05, 0) is 56.5 Å². The van der Waals surface area contributed by atoms with Crippen molar-refractivity contribution < 1.29 is 14.3 Å². The van der Waals surface area contributed by atoms with Crippen molar-refractivity contribution in [2.24, 2.45) is 0 Å². The Morgan fingerprint density at radius 2 is 1.85 bits per heavy atom. The van der Waals surface area contributed by atoms with Crippen LogP contribution in [-0.4, -0.2) is 60.7 Å². The Morgan fingerprint density at radius 3 is 2.65 bits per heavy atom. The van der Waals surface area contributed by atoms with E-state index in [1.807, 2.05) is 24.3 Å². The minimum absolute atomic E-state index is 0.148. The number of nitrogens with zero attached hydrogens (tertiary/aromatic N) is 3. The first-order valence-electron chi connectivity index (χ1n) is 12.1. The van der Waals surface area contributed by atoms with Gasteiger partial charge in [-0.3, -0.25) is 4.79 Å². The van der Waals surface area contributed by atoms with Gasteiger partial charge < -0.3 is 19.7 Å². The Hall–Kier alpha value is -3.19. The zero-order chi connectivity index (χ0) is 24.0. The molecule has 182 valence electrons. The van der Waals surface area contributed by atoms with E-state index in [1.54, 1.807) is 6.33 Å². The first-order valence-corrected chi connectivity index (χ1v) is 12.1. The van der Waals surface area contributed by atoms with Gasteiger partial charge in [0.2, 0.25) is 0 Å². The molecule has 0 spiro atoms. The van der Waals surface area contributed by atoms with Gasteiger partial charge in [0.15, 0.2) is 0 Å². The molecule has 3 rings (SSSR count). The summed E-state index contributed by atoms with van der Waals surface area (Å²) in [7, 11) is 1.43. The first kappa shape index (κ1) is 25.4. The van der Waals surface area contributed by atoms with E-state index in [-0.39, 0.29) is 5.97 Å². The third-order valence-corrected chi connectivity index (χ3v) is 5.80. The molecule has 0 aliphatic carbocycles. The molecule has 0 radical (unpaired) electrons. The molecule has 2 aromatic carbocycles. The van der Waals surface area contributed by atoms with Crippen LogP contribution in [0.1, 0.15) is 38.2 Å². The Morgan fingerprint density at radius 1 is 1.03 bits per heavy atom. The number of fused-ring (bicyclic) bond motifs is 1. The molecule has 0 atom stereocenters. The van der Waals surface area contributed by atoms with Crippen LogP contribution in [0.2, 0.25) is 0 Å². The van der Waals surface area contributed by atoms with Gasteiger partial charge in [-0.25, -0.2) is 9.97 Å². The number of hydrogen-bond acceptors (Lipinski definition) is 7. The molecule has 0 aliphatic heterocycles. The molecule has 34 heavy (non-hydrogen) atoms. The van der Waals surface area contributed by atoms with Gasteiger partial charge in [-0.1, -0.05) is 37.3 Å². The lowest BCUT2D eigenvalue weighted by atomic mass is 10.1. The smallest absolute Gasteiger partial charge is 0.305 e. The number of benzene rings is 2. The van der Waals surface area contributed by atoms with Crippen molar-refractivity contribution in [3.63, 3.8) is 0 Å². The molecule has 0 saturated heterocycles. The second-order valence-electron chi connectivity index (χ2n) is 8.23. The fourth-order valence-corrected chi connectivity index (χ4v) is 3.87. The van der Waals surface area contributed by atoms with Gasteiger partial charge in [0.25, 0.3) is 0 Å².